The third-order valence-corrected chi connectivity index (χ3v) is 4.06. The second-order valence-electron chi connectivity index (χ2n) is 4.77. The molecule has 0 saturated carbocycles. The lowest BCUT2D eigenvalue weighted by molar-refractivity contribution is -0.0238. The van der Waals surface area contributed by atoms with Crippen molar-refractivity contribution in [3.05, 3.63) is 57.4 Å². The quantitative estimate of drug-likeness (QED) is 0.805. The van der Waals surface area contributed by atoms with Crippen LogP contribution in [0.4, 0.5) is 0 Å². The second-order valence-corrected chi connectivity index (χ2v) is 5.98. The molecule has 3 rings (SSSR count). The largest absolute Gasteiger partial charge is 0.444 e. The molecule has 1 atom stereocenters. The van der Waals surface area contributed by atoms with Gasteiger partial charge in [-0.15, -0.1) is 0 Å². The van der Waals surface area contributed by atoms with Gasteiger partial charge in [-0.2, -0.15) is 0 Å². The smallest absolute Gasteiger partial charge is 0.289 e. The number of nitrogens with zero attached hydrogens (tertiary/aromatic N) is 1. The summed E-state index contributed by atoms with van der Waals surface area (Å²) in [5.74, 6) is 0.210. The Balaban J connectivity index is 1.73. The zero-order chi connectivity index (χ0) is 14.8. The number of amides is 1. The van der Waals surface area contributed by atoms with Crippen molar-refractivity contribution >= 4 is 33.4 Å². The van der Waals surface area contributed by atoms with Crippen molar-refractivity contribution in [3.8, 4) is 0 Å². The number of rotatable bonds is 2. The monoisotopic (exact) mass is 369 g/mol. The molecule has 1 aliphatic heterocycles. The standard InChI is InChI=1S/C15H13BrClNO3/c16-14-6-5-12(21-14)15(19)18-7-8-20-13(9-18)10-1-3-11(17)4-2-10/h1-6,13H,7-9H2. The van der Waals surface area contributed by atoms with E-state index in [2.05, 4.69) is 15.9 Å². The first-order chi connectivity index (χ1) is 10.1. The van der Waals surface area contributed by atoms with Crippen LogP contribution in [-0.2, 0) is 4.74 Å². The fourth-order valence-electron chi connectivity index (χ4n) is 2.30. The maximum Gasteiger partial charge on any atom is 0.289 e. The Kier molecular flexibility index (Phi) is 4.33. The summed E-state index contributed by atoms with van der Waals surface area (Å²) in [6.45, 7) is 1.56. The van der Waals surface area contributed by atoms with Crippen LogP contribution in [0.25, 0.3) is 0 Å². The summed E-state index contributed by atoms with van der Waals surface area (Å²) in [6.07, 6.45) is -0.140. The highest BCUT2D eigenvalue weighted by molar-refractivity contribution is 9.10. The molecular weight excluding hydrogens is 358 g/mol. The van der Waals surface area contributed by atoms with E-state index in [1.165, 1.54) is 0 Å². The lowest BCUT2D eigenvalue weighted by Gasteiger charge is -2.32. The van der Waals surface area contributed by atoms with E-state index >= 15 is 0 Å². The average molecular weight is 371 g/mol. The van der Waals surface area contributed by atoms with Crippen molar-refractivity contribution < 1.29 is 13.9 Å². The number of hydrogen-bond acceptors (Lipinski definition) is 3. The first-order valence-corrected chi connectivity index (χ1v) is 7.72. The van der Waals surface area contributed by atoms with Gasteiger partial charge in [0.2, 0.25) is 0 Å². The maximum absolute atomic E-state index is 12.4. The first kappa shape index (κ1) is 14.6. The third-order valence-electron chi connectivity index (χ3n) is 3.38. The van der Waals surface area contributed by atoms with E-state index in [9.17, 15) is 4.79 Å². The summed E-state index contributed by atoms with van der Waals surface area (Å²) in [6, 6.07) is 10.9. The number of halogens is 2. The van der Waals surface area contributed by atoms with Crippen LogP contribution in [0, 0.1) is 0 Å². The molecule has 21 heavy (non-hydrogen) atoms. The molecule has 1 aromatic heterocycles. The van der Waals surface area contributed by atoms with Gasteiger partial charge in [0.05, 0.1) is 13.2 Å². The number of hydrogen-bond donors (Lipinski definition) is 0. The van der Waals surface area contributed by atoms with Gasteiger partial charge in [0.1, 0.15) is 6.10 Å². The van der Waals surface area contributed by atoms with Crippen molar-refractivity contribution in [1.82, 2.24) is 4.90 Å². The van der Waals surface area contributed by atoms with Gasteiger partial charge in [0, 0.05) is 11.6 Å². The van der Waals surface area contributed by atoms with Gasteiger partial charge < -0.3 is 14.1 Å². The Morgan fingerprint density at radius 2 is 2.00 bits per heavy atom. The first-order valence-electron chi connectivity index (χ1n) is 6.55. The van der Waals surface area contributed by atoms with Crippen LogP contribution in [0.5, 0.6) is 0 Å². The minimum Gasteiger partial charge on any atom is -0.444 e. The van der Waals surface area contributed by atoms with Crippen molar-refractivity contribution in [3.63, 3.8) is 0 Å². The predicted molar refractivity (Wildman–Crippen MR) is 82.5 cm³/mol. The SMILES string of the molecule is O=C(c1ccc(Br)o1)N1CCOC(c2ccc(Cl)cc2)C1. The lowest BCUT2D eigenvalue weighted by Crippen LogP contribution is -2.42. The number of ether oxygens (including phenoxy) is 1. The van der Waals surface area contributed by atoms with Gasteiger partial charge in [-0.1, -0.05) is 23.7 Å². The summed E-state index contributed by atoms with van der Waals surface area (Å²) in [5, 5.41) is 0.683. The molecule has 1 amide bonds. The molecule has 1 saturated heterocycles. The van der Waals surface area contributed by atoms with Crippen molar-refractivity contribution in [1.29, 1.82) is 0 Å². The van der Waals surface area contributed by atoms with Crippen LogP contribution in [-0.4, -0.2) is 30.5 Å². The lowest BCUT2D eigenvalue weighted by atomic mass is 10.1. The minimum atomic E-state index is -0.140. The number of furan rings is 1. The number of carbonyl (C=O) groups excluding carboxylic acids is 1. The molecule has 0 bridgehead atoms. The fourth-order valence-corrected chi connectivity index (χ4v) is 2.73. The molecule has 110 valence electrons. The van der Waals surface area contributed by atoms with E-state index < -0.39 is 0 Å². The van der Waals surface area contributed by atoms with Gasteiger partial charge in [-0.25, -0.2) is 0 Å². The molecule has 0 spiro atoms. The highest BCUT2D eigenvalue weighted by Crippen LogP contribution is 2.25. The molecule has 1 aromatic carbocycles. The molecular formula is C15H13BrClNO3. The fraction of sp³-hybridized carbons (Fsp3) is 0.267. The summed E-state index contributed by atoms with van der Waals surface area (Å²) in [4.78, 5) is 14.1. The normalized spacial score (nSPS) is 18.8. The number of benzene rings is 1. The summed E-state index contributed by atoms with van der Waals surface area (Å²) in [7, 11) is 0. The van der Waals surface area contributed by atoms with Crippen molar-refractivity contribution in [2.24, 2.45) is 0 Å². The molecule has 0 radical (unpaired) electrons. The zero-order valence-electron chi connectivity index (χ0n) is 11.1. The molecule has 2 aromatic rings. The highest BCUT2D eigenvalue weighted by atomic mass is 79.9. The Morgan fingerprint density at radius 1 is 1.24 bits per heavy atom. The molecule has 0 N–H and O–H groups in total. The van der Waals surface area contributed by atoms with Crippen LogP contribution in [0.2, 0.25) is 5.02 Å². The highest BCUT2D eigenvalue weighted by Gasteiger charge is 2.27. The molecule has 1 unspecified atom stereocenters. The Hall–Kier alpha value is -1.30. The van der Waals surface area contributed by atoms with E-state index in [-0.39, 0.29) is 12.0 Å². The van der Waals surface area contributed by atoms with Crippen LogP contribution >= 0.6 is 27.5 Å². The maximum atomic E-state index is 12.4. The van der Waals surface area contributed by atoms with Gasteiger partial charge in [0.25, 0.3) is 5.91 Å². The van der Waals surface area contributed by atoms with Crippen LogP contribution in [0.1, 0.15) is 22.2 Å². The molecule has 6 heteroatoms. The molecule has 4 nitrogen and oxygen atoms in total. The van der Waals surface area contributed by atoms with Gasteiger partial charge in [-0.05, 0) is 45.8 Å². The van der Waals surface area contributed by atoms with Gasteiger partial charge in [-0.3, -0.25) is 4.79 Å². The third kappa shape index (κ3) is 3.31. The van der Waals surface area contributed by atoms with Gasteiger partial charge in [0.15, 0.2) is 10.4 Å². The van der Waals surface area contributed by atoms with Crippen LogP contribution in [0.15, 0.2) is 45.5 Å². The van der Waals surface area contributed by atoms with Gasteiger partial charge >= 0.3 is 0 Å². The molecule has 1 fully saturated rings. The minimum absolute atomic E-state index is 0.122. The molecule has 0 aliphatic carbocycles. The second kappa shape index (κ2) is 6.22. The summed E-state index contributed by atoms with van der Waals surface area (Å²) >= 11 is 9.10. The number of morpholine rings is 1. The molecule has 2 heterocycles. The van der Waals surface area contributed by atoms with E-state index in [1.807, 2.05) is 24.3 Å². The summed E-state index contributed by atoms with van der Waals surface area (Å²) < 4.78 is 11.6. The topological polar surface area (TPSA) is 42.7 Å². The Labute approximate surface area is 135 Å². The van der Waals surface area contributed by atoms with E-state index in [1.54, 1.807) is 17.0 Å². The van der Waals surface area contributed by atoms with Crippen molar-refractivity contribution in [2.45, 2.75) is 6.10 Å². The van der Waals surface area contributed by atoms with Crippen LogP contribution < -0.4 is 0 Å². The average Bonchev–Trinajstić information content (AvgIpc) is 2.94. The Morgan fingerprint density at radius 3 is 2.67 bits per heavy atom. The zero-order valence-corrected chi connectivity index (χ0v) is 13.4. The van der Waals surface area contributed by atoms with E-state index in [0.29, 0.717) is 35.1 Å². The summed E-state index contributed by atoms with van der Waals surface area (Å²) in [5.41, 5.74) is 1.01. The Bertz CT molecular complexity index is 641. The van der Waals surface area contributed by atoms with E-state index in [0.717, 1.165) is 5.56 Å². The number of carbonyl (C=O) groups is 1. The molecule has 1 aliphatic rings. The van der Waals surface area contributed by atoms with Crippen molar-refractivity contribution in [2.75, 3.05) is 19.7 Å². The van der Waals surface area contributed by atoms with E-state index in [4.69, 9.17) is 20.8 Å². The predicted octanol–water partition coefficient (Wildman–Crippen LogP) is 3.91. The van der Waals surface area contributed by atoms with Crippen LogP contribution in [0.3, 0.4) is 0 Å².